The van der Waals surface area contributed by atoms with Crippen molar-refractivity contribution >= 4 is 29.3 Å². The maximum absolute atomic E-state index is 13.5. The van der Waals surface area contributed by atoms with Crippen molar-refractivity contribution in [2.75, 3.05) is 17.6 Å². The molecule has 130 valence electrons. The maximum atomic E-state index is 13.5. The number of thioether (sulfide) groups is 1. The van der Waals surface area contributed by atoms with Crippen LogP contribution in [0.4, 0.5) is 10.1 Å². The first kappa shape index (κ1) is 17.3. The number of hydrogen-bond acceptors (Lipinski definition) is 3. The van der Waals surface area contributed by atoms with Gasteiger partial charge in [0.25, 0.3) is 0 Å². The Morgan fingerprint density at radius 2 is 2.08 bits per heavy atom. The third-order valence-corrected chi connectivity index (χ3v) is 6.06. The number of halogens is 1. The van der Waals surface area contributed by atoms with Crippen molar-refractivity contribution in [3.05, 3.63) is 29.6 Å². The minimum atomic E-state index is -0.607. The first-order chi connectivity index (χ1) is 11.6. The lowest BCUT2D eigenvalue weighted by Crippen LogP contribution is -2.36. The molecule has 0 bridgehead atoms. The molecule has 0 aromatic heterocycles. The van der Waals surface area contributed by atoms with Crippen LogP contribution < -0.4 is 10.6 Å². The molecule has 1 saturated carbocycles. The van der Waals surface area contributed by atoms with Crippen LogP contribution in [-0.4, -0.2) is 29.4 Å². The summed E-state index contributed by atoms with van der Waals surface area (Å²) < 4.78 is 13.5. The normalized spacial score (nSPS) is 21.0. The van der Waals surface area contributed by atoms with Crippen molar-refractivity contribution in [3.63, 3.8) is 0 Å². The Balaban J connectivity index is 1.53. The summed E-state index contributed by atoms with van der Waals surface area (Å²) in [6.07, 6.45) is 6.57. The fraction of sp³-hybridized carbons (Fsp3) is 0.556. The number of nitrogens with one attached hydrogen (secondary N) is 2. The lowest BCUT2D eigenvalue weighted by atomic mass is 9.89. The van der Waals surface area contributed by atoms with E-state index in [9.17, 15) is 14.0 Å². The van der Waals surface area contributed by atoms with Gasteiger partial charge in [-0.25, -0.2) is 4.39 Å². The molecule has 2 aliphatic rings. The molecule has 1 aromatic rings. The van der Waals surface area contributed by atoms with E-state index in [2.05, 4.69) is 10.6 Å². The van der Waals surface area contributed by atoms with Crippen LogP contribution >= 0.6 is 11.8 Å². The topological polar surface area (TPSA) is 58.2 Å². The summed E-state index contributed by atoms with van der Waals surface area (Å²) in [4.78, 5) is 24.2. The highest BCUT2D eigenvalue weighted by molar-refractivity contribution is 7.99. The lowest BCUT2D eigenvalue weighted by Gasteiger charge is -2.25. The quantitative estimate of drug-likeness (QED) is 0.800. The zero-order valence-corrected chi connectivity index (χ0v) is 14.5. The molecule has 1 fully saturated rings. The molecule has 2 amide bonds. The number of carbonyl (C=O) groups is 2. The standard InChI is InChI=1S/C18H23FN2O2S/c19-12-6-7-16-14(10-12)15(11-17(22)21-16)18(23)20-8-9-24-13-4-2-1-3-5-13/h6-7,10,13,15H,1-5,8-9,11H2,(H,20,23)(H,21,22). The molecule has 24 heavy (non-hydrogen) atoms. The summed E-state index contributed by atoms with van der Waals surface area (Å²) >= 11 is 1.92. The van der Waals surface area contributed by atoms with E-state index in [1.165, 1.54) is 50.3 Å². The molecule has 1 heterocycles. The average Bonchev–Trinajstić information content (AvgIpc) is 2.59. The Hall–Kier alpha value is -1.56. The minimum Gasteiger partial charge on any atom is -0.355 e. The zero-order chi connectivity index (χ0) is 16.9. The Kier molecular flexibility index (Phi) is 5.76. The van der Waals surface area contributed by atoms with E-state index in [-0.39, 0.29) is 18.2 Å². The highest BCUT2D eigenvalue weighted by Crippen LogP contribution is 2.33. The van der Waals surface area contributed by atoms with Crippen LogP contribution in [0.5, 0.6) is 0 Å². The molecule has 0 radical (unpaired) electrons. The second kappa shape index (κ2) is 8.01. The highest BCUT2D eigenvalue weighted by Gasteiger charge is 2.30. The smallest absolute Gasteiger partial charge is 0.228 e. The van der Waals surface area contributed by atoms with Gasteiger partial charge in [0.15, 0.2) is 0 Å². The summed E-state index contributed by atoms with van der Waals surface area (Å²) in [6, 6.07) is 4.15. The molecule has 4 nitrogen and oxygen atoms in total. The molecule has 3 rings (SSSR count). The zero-order valence-electron chi connectivity index (χ0n) is 13.6. The van der Waals surface area contributed by atoms with E-state index in [1.54, 1.807) is 0 Å². The molecule has 1 atom stereocenters. The van der Waals surface area contributed by atoms with E-state index in [4.69, 9.17) is 0 Å². The maximum Gasteiger partial charge on any atom is 0.228 e. The van der Waals surface area contributed by atoms with Gasteiger partial charge in [-0.05, 0) is 36.6 Å². The second-order valence-electron chi connectivity index (χ2n) is 6.46. The van der Waals surface area contributed by atoms with Gasteiger partial charge in [-0.3, -0.25) is 9.59 Å². The number of carbonyl (C=O) groups excluding carboxylic acids is 2. The summed E-state index contributed by atoms with van der Waals surface area (Å²) in [7, 11) is 0. The van der Waals surface area contributed by atoms with E-state index >= 15 is 0 Å². The average molecular weight is 350 g/mol. The Morgan fingerprint density at radius 3 is 2.88 bits per heavy atom. The van der Waals surface area contributed by atoms with Gasteiger partial charge in [-0.2, -0.15) is 11.8 Å². The van der Waals surface area contributed by atoms with E-state index in [0.717, 1.165) is 5.75 Å². The van der Waals surface area contributed by atoms with Crippen LogP contribution in [-0.2, 0) is 9.59 Å². The largest absolute Gasteiger partial charge is 0.355 e. The number of amides is 2. The first-order valence-electron chi connectivity index (χ1n) is 8.62. The molecule has 1 aliphatic heterocycles. The molecule has 1 unspecified atom stereocenters. The number of fused-ring (bicyclic) bond motifs is 1. The van der Waals surface area contributed by atoms with Crippen molar-refractivity contribution in [3.8, 4) is 0 Å². The summed E-state index contributed by atoms with van der Waals surface area (Å²) in [6.45, 7) is 0.586. The third kappa shape index (κ3) is 4.29. The Labute approximate surface area is 146 Å². The first-order valence-corrected chi connectivity index (χ1v) is 9.67. The van der Waals surface area contributed by atoms with Crippen molar-refractivity contribution in [1.82, 2.24) is 5.32 Å². The molecular weight excluding hydrogens is 327 g/mol. The molecule has 0 spiro atoms. The molecule has 1 aromatic carbocycles. The van der Waals surface area contributed by atoms with Gasteiger partial charge in [0, 0.05) is 29.7 Å². The van der Waals surface area contributed by atoms with Gasteiger partial charge in [0.05, 0.1) is 5.92 Å². The molecule has 6 heteroatoms. The second-order valence-corrected chi connectivity index (χ2v) is 7.87. The van der Waals surface area contributed by atoms with Crippen molar-refractivity contribution in [1.29, 1.82) is 0 Å². The van der Waals surface area contributed by atoms with Gasteiger partial charge in [0.1, 0.15) is 5.82 Å². The van der Waals surface area contributed by atoms with Gasteiger partial charge in [-0.15, -0.1) is 0 Å². The van der Waals surface area contributed by atoms with Crippen LogP contribution in [0.1, 0.15) is 50.0 Å². The van der Waals surface area contributed by atoms with Gasteiger partial charge >= 0.3 is 0 Å². The minimum absolute atomic E-state index is 0.0675. The van der Waals surface area contributed by atoms with E-state index in [1.807, 2.05) is 11.8 Å². The van der Waals surface area contributed by atoms with Gasteiger partial charge < -0.3 is 10.6 Å². The SMILES string of the molecule is O=C1CC(C(=O)NCCSC2CCCCC2)c2cc(F)ccc2N1. The predicted molar refractivity (Wildman–Crippen MR) is 94.7 cm³/mol. The van der Waals surface area contributed by atoms with Gasteiger partial charge in [-0.1, -0.05) is 19.3 Å². The number of rotatable bonds is 5. The number of hydrogen-bond donors (Lipinski definition) is 2. The van der Waals surface area contributed by atoms with Crippen LogP contribution in [0.2, 0.25) is 0 Å². The van der Waals surface area contributed by atoms with Crippen molar-refractivity contribution < 1.29 is 14.0 Å². The molecule has 2 N–H and O–H groups in total. The number of anilines is 1. The molecular formula is C18H23FN2O2S. The van der Waals surface area contributed by atoms with Crippen LogP contribution in [0.3, 0.4) is 0 Å². The Bertz CT molecular complexity index is 617. The molecule has 1 aliphatic carbocycles. The van der Waals surface area contributed by atoms with Crippen molar-refractivity contribution in [2.24, 2.45) is 0 Å². The fourth-order valence-electron chi connectivity index (χ4n) is 3.42. The van der Waals surface area contributed by atoms with Crippen LogP contribution in [0, 0.1) is 5.82 Å². The van der Waals surface area contributed by atoms with Gasteiger partial charge in [0.2, 0.25) is 11.8 Å². The van der Waals surface area contributed by atoms with Crippen LogP contribution in [0.25, 0.3) is 0 Å². The summed E-state index contributed by atoms with van der Waals surface area (Å²) in [5, 5.41) is 6.32. The number of benzene rings is 1. The summed E-state index contributed by atoms with van der Waals surface area (Å²) in [5.74, 6) is -0.517. The van der Waals surface area contributed by atoms with Crippen LogP contribution in [0.15, 0.2) is 18.2 Å². The Morgan fingerprint density at radius 1 is 1.29 bits per heavy atom. The third-order valence-electron chi connectivity index (χ3n) is 4.68. The predicted octanol–water partition coefficient (Wildman–Crippen LogP) is 3.43. The van der Waals surface area contributed by atoms with E-state index in [0.29, 0.717) is 23.0 Å². The lowest BCUT2D eigenvalue weighted by molar-refractivity contribution is -0.126. The summed E-state index contributed by atoms with van der Waals surface area (Å²) in [5.41, 5.74) is 1.09. The monoisotopic (exact) mass is 350 g/mol. The highest BCUT2D eigenvalue weighted by atomic mass is 32.2. The fourth-order valence-corrected chi connectivity index (χ4v) is 4.64. The van der Waals surface area contributed by atoms with Crippen molar-refractivity contribution in [2.45, 2.75) is 49.7 Å². The van der Waals surface area contributed by atoms with E-state index < -0.39 is 11.7 Å². The molecule has 0 saturated heterocycles.